The van der Waals surface area contributed by atoms with Crippen molar-refractivity contribution in [3.05, 3.63) is 113 Å². The molecule has 1 heterocycles. The zero-order chi connectivity index (χ0) is 18.5. The lowest BCUT2D eigenvalue weighted by Gasteiger charge is -2.20. The summed E-state index contributed by atoms with van der Waals surface area (Å²) in [7, 11) is 0. The predicted molar refractivity (Wildman–Crippen MR) is 113 cm³/mol. The Bertz CT molecular complexity index is 1020. The summed E-state index contributed by atoms with van der Waals surface area (Å²) < 4.78 is 0. The van der Waals surface area contributed by atoms with E-state index in [1.54, 1.807) is 0 Å². The minimum absolute atomic E-state index is 0.205. The van der Waals surface area contributed by atoms with E-state index in [1.165, 1.54) is 11.1 Å². The van der Waals surface area contributed by atoms with Gasteiger partial charge in [-0.15, -0.1) is 0 Å². The van der Waals surface area contributed by atoms with E-state index in [0.717, 1.165) is 22.9 Å². The highest BCUT2D eigenvalue weighted by molar-refractivity contribution is 6.30. The first-order valence-corrected chi connectivity index (χ1v) is 9.54. The average molecular weight is 373 g/mol. The molecule has 0 aliphatic rings. The molecular weight excluding hydrogens is 352 g/mol. The molecule has 0 aliphatic carbocycles. The highest BCUT2D eigenvalue weighted by atomic mass is 35.5. The van der Waals surface area contributed by atoms with Gasteiger partial charge in [-0.1, -0.05) is 90.5 Å². The summed E-state index contributed by atoms with van der Waals surface area (Å²) in [5.74, 6) is 0. The highest BCUT2D eigenvalue weighted by Crippen LogP contribution is 2.23. The molecule has 1 N–H and O–H groups in total. The zero-order valence-corrected chi connectivity index (χ0v) is 15.7. The van der Waals surface area contributed by atoms with Gasteiger partial charge < -0.3 is 5.32 Å². The van der Waals surface area contributed by atoms with Crippen LogP contribution in [-0.2, 0) is 13.0 Å². The quantitative estimate of drug-likeness (QED) is 0.422. The van der Waals surface area contributed by atoms with E-state index in [0.29, 0.717) is 11.7 Å². The topological polar surface area (TPSA) is 24.9 Å². The smallest absolute Gasteiger partial charge is 0.134 e. The summed E-state index contributed by atoms with van der Waals surface area (Å²) in [6, 6.07) is 31.5. The fourth-order valence-corrected chi connectivity index (χ4v) is 3.55. The van der Waals surface area contributed by atoms with Crippen LogP contribution in [0.3, 0.4) is 0 Å². The summed E-state index contributed by atoms with van der Waals surface area (Å²) in [5, 5.41) is 5.35. The maximum atomic E-state index is 6.44. The first kappa shape index (κ1) is 17.7. The van der Waals surface area contributed by atoms with E-state index in [1.807, 2.05) is 24.3 Å². The number of fused-ring (bicyclic) bond motifs is 1. The number of hydrogen-bond acceptors (Lipinski definition) is 2. The van der Waals surface area contributed by atoms with Gasteiger partial charge in [0.25, 0.3) is 0 Å². The molecule has 4 rings (SSSR count). The van der Waals surface area contributed by atoms with Crippen LogP contribution in [0.15, 0.2) is 91.0 Å². The second-order valence-corrected chi connectivity index (χ2v) is 7.02. The normalized spacial score (nSPS) is 12.2. The molecule has 27 heavy (non-hydrogen) atoms. The minimum Gasteiger partial charge on any atom is -0.305 e. The van der Waals surface area contributed by atoms with Crippen LogP contribution >= 0.6 is 11.6 Å². The standard InChI is InChI=1S/C24H21ClN2/c25-24-21(16-20-13-7-8-14-22(20)27-24)17-26-23(19-11-5-2-6-12-19)15-18-9-3-1-4-10-18/h1-14,16,23,26H,15,17H2/t23-/m0/s1. The van der Waals surface area contributed by atoms with Crippen molar-refractivity contribution in [2.45, 2.75) is 19.0 Å². The van der Waals surface area contributed by atoms with Gasteiger partial charge in [-0.2, -0.15) is 0 Å². The number of benzene rings is 3. The molecule has 134 valence electrons. The largest absolute Gasteiger partial charge is 0.305 e. The van der Waals surface area contributed by atoms with Crippen molar-refractivity contribution in [1.82, 2.24) is 10.3 Å². The second-order valence-electron chi connectivity index (χ2n) is 6.66. The summed E-state index contributed by atoms with van der Waals surface area (Å²) in [6.45, 7) is 0.670. The van der Waals surface area contributed by atoms with E-state index in [9.17, 15) is 0 Å². The van der Waals surface area contributed by atoms with Crippen molar-refractivity contribution >= 4 is 22.5 Å². The van der Waals surface area contributed by atoms with Crippen LogP contribution < -0.4 is 5.32 Å². The Morgan fingerprint density at radius 2 is 1.48 bits per heavy atom. The predicted octanol–water partition coefficient (Wildman–Crippen LogP) is 5.96. The van der Waals surface area contributed by atoms with Gasteiger partial charge >= 0.3 is 0 Å². The molecule has 1 atom stereocenters. The Morgan fingerprint density at radius 1 is 0.815 bits per heavy atom. The molecular formula is C24H21ClN2. The molecule has 0 fully saturated rings. The fraction of sp³-hybridized carbons (Fsp3) is 0.125. The first-order valence-electron chi connectivity index (χ1n) is 9.16. The number of para-hydroxylation sites is 1. The number of pyridine rings is 1. The molecule has 0 radical (unpaired) electrons. The summed E-state index contributed by atoms with van der Waals surface area (Å²) in [6.07, 6.45) is 0.920. The van der Waals surface area contributed by atoms with Crippen molar-refractivity contribution in [1.29, 1.82) is 0 Å². The summed E-state index contributed by atoms with van der Waals surface area (Å²) >= 11 is 6.44. The van der Waals surface area contributed by atoms with E-state index in [4.69, 9.17) is 11.6 Å². The Kier molecular flexibility index (Phi) is 5.47. The van der Waals surface area contributed by atoms with Crippen molar-refractivity contribution < 1.29 is 0 Å². The van der Waals surface area contributed by atoms with E-state index in [-0.39, 0.29) is 6.04 Å². The molecule has 0 aliphatic heterocycles. The van der Waals surface area contributed by atoms with Crippen LogP contribution in [0.1, 0.15) is 22.7 Å². The third-order valence-corrected chi connectivity index (χ3v) is 5.10. The van der Waals surface area contributed by atoms with Crippen LogP contribution in [0.2, 0.25) is 5.15 Å². The Morgan fingerprint density at radius 3 is 2.26 bits per heavy atom. The zero-order valence-electron chi connectivity index (χ0n) is 15.0. The molecule has 2 nitrogen and oxygen atoms in total. The monoisotopic (exact) mass is 372 g/mol. The molecule has 0 saturated heterocycles. The Hall–Kier alpha value is -2.68. The molecule has 0 saturated carbocycles. The van der Waals surface area contributed by atoms with Gasteiger partial charge in [0.05, 0.1) is 5.52 Å². The number of halogens is 1. The number of nitrogens with one attached hydrogen (secondary N) is 1. The van der Waals surface area contributed by atoms with Crippen LogP contribution in [0.25, 0.3) is 10.9 Å². The van der Waals surface area contributed by atoms with Gasteiger partial charge in [0.2, 0.25) is 0 Å². The van der Waals surface area contributed by atoms with Crippen LogP contribution in [0, 0.1) is 0 Å². The number of nitrogens with zero attached hydrogens (tertiary/aromatic N) is 1. The summed E-state index contributed by atoms with van der Waals surface area (Å²) in [4.78, 5) is 4.54. The van der Waals surface area contributed by atoms with Gasteiger partial charge in [-0.25, -0.2) is 4.98 Å². The third kappa shape index (κ3) is 4.36. The van der Waals surface area contributed by atoms with Crippen molar-refractivity contribution in [2.24, 2.45) is 0 Å². The van der Waals surface area contributed by atoms with Gasteiger partial charge in [-0.05, 0) is 29.7 Å². The maximum absolute atomic E-state index is 6.44. The van der Waals surface area contributed by atoms with Gasteiger partial charge in [0.1, 0.15) is 5.15 Å². The maximum Gasteiger partial charge on any atom is 0.134 e. The molecule has 1 aromatic heterocycles. The second kappa shape index (κ2) is 8.34. The van der Waals surface area contributed by atoms with Crippen molar-refractivity contribution in [3.8, 4) is 0 Å². The molecule has 3 aromatic carbocycles. The minimum atomic E-state index is 0.205. The number of aromatic nitrogens is 1. The molecule has 0 amide bonds. The Balaban J connectivity index is 1.57. The van der Waals surface area contributed by atoms with Crippen LogP contribution in [0.4, 0.5) is 0 Å². The van der Waals surface area contributed by atoms with Crippen LogP contribution in [0.5, 0.6) is 0 Å². The lowest BCUT2D eigenvalue weighted by Crippen LogP contribution is -2.23. The molecule has 0 bridgehead atoms. The van der Waals surface area contributed by atoms with E-state index in [2.05, 4.69) is 77.0 Å². The van der Waals surface area contributed by atoms with E-state index >= 15 is 0 Å². The average Bonchev–Trinajstić information content (AvgIpc) is 2.72. The molecule has 3 heteroatoms. The number of rotatable bonds is 6. The van der Waals surface area contributed by atoms with Crippen LogP contribution in [-0.4, -0.2) is 4.98 Å². The van der Waals surface area contributed by atoms with Gasteiger partial charge in [0, 0.05) is 23.5 Å². The Labute approximate surface area is 164 Å². The van der Waals surface area contributed by atoms with Crippen molar-refractivity contribution in [2.75, 3.05) is 0 Å². The lowest BCUT2D eigenvalue weighted by atomic mass is 9.98. The SMILES string of the molecule is Clc1nc2ccccc2cc1CN[C@@H](Cc1ccccc1)c1ccccc1. The third-order valence-electron chi connectivity index (χ3n) is 4.77. The lowest BCUT2D eigenvalue weighted by molar-refractivity contribution is 0.530. The molecule has 0 unspecified atom stereocenters. The highest BCUT2D eigenvalue weighted by Gasteiger charge is 2.13. The summed E-state index contributed by atoms with van der Waals surface area (Å²) in [5.41, 5.74) is 4.52. The molecule has 0 spiro atoms. The van der Waals surface area contributed by atoms with Gasteiger partial charge in [-0.3, -0.25) is 0 Å². The molecule has 4 aromatic rings. The first-order chi connectivity index (χ1) is 13.3. The van der Waals surface area contributed by atoms with E-state index < -0.39 is 0 Å². The number of hydrogen-bond donors (Lipinski definition) is 1. The van der Waals surface area contributed by atoms with Gasteiger partial charge in [0.15, 0.2) is 0 Å². The fourth-order valence-electron chi connectivity index (χ4n) is 3.34. The van der Waals surface area contributed by atoms with Crippen molar-refractivity contribution in [3.63, 3.8) is 0 Å².